The largest absolute Gasteiger partial charge is 0.573 e. The Bertz CT molecular complexity index is 385. The Morgan fingerprint density at radius 2 is 1.44 bits per heavy atom. The second-order valence-electron chi connectivity index (χ2n) is 3.21. The molecule has 0 atom stereocenters. The summed E-state index contributed by atoms with van der Waals surface area (Å²) in [6.45, 7) is 0. The molecule has 102 valence electrons. The summed E-state index contributed by atoms with van der Waals surface area (Å²) >= 11 is 0. The van der Waals surface area contributed by atoms with Gasteiger partial charge in [-0.1, -0.05) is 18.2 Å². The Balaban J connectivity index is 3.23. The van der Waals surface area contributed by atoms with Crippen LogP contribution in [0.25, 0.3) is 0 Å². The molecule has 0 bridgehead atoms. The van der Waals surface area contributed by atoms with Gasteiger partial charge in [-0.15, -0.1) is 13.2 Å². The molecular weight excluding hydrogens is 269 g/mol. The second-order valence-corrected chi connectivity index (χ2v) is 6.09. The molecule has 0 radical (unpaired) electrons. The van der Waals surface area contributed by atoms with Gasteiger partial charge >= 0.3 is 15.2 Å². The van der Waals surface area contributed by atoms with Gasteiger partial charge in [-0.2, -0.15) is 0 Å². The van der Waals surface area contributed by atoms with Gasteiger partial charge in [-0.05, 0) is 6.07 Å². The minimum absolute atomic E-state index is 0.120. The molecule has 0 fully saturated rings. The first-order valence-corrected chi connectivity index (χ1v) is 6.61. The highest BCUT2D eigenvalue weighted by Gasteiger charge is 2.45. The summed E-state index contributed by atoms with van der Waals surface area (Å²) in [6.07, 6.45) is -4.79. The molecular formula is C10H13F3O4Si. The predicted octanol–water partition coefficient (Wildman–Crippen LogP) is 1.67. The van der Waals surface area contributed by atoms with E-state index in [2.05, 4.69) is 4.74 Å². The highest BCUT2D eigenvalue weighted by atomic mass is 28.4. The minimum atomic E-state index is -4.79. The van der Waals surface area contributed by atoms with Crippen molar-refractivity contribution in [1.29, 1.82) is 0 Å². The number of rotatable bonds is 5. The lowest BCUT2D eigenvalue weighted by atomic mass is 10.3. The van der Waals surface area contributed by atoms with Gasteiger partial charge in [0.15, 0.2) is 0 Å². The number of ether oxygens (including phenoxy) is 1. The minimum Gasteiger partial charge on any atom is -0.406 e. The number of para-hydroxylation sites is 1. The maximum Gasteiger partial charge on any atom is 0.573 e. The van der Waals surface area contributed by atoms with E-state index in [9.17, 15) is 13.2 Å². The van der Waals surface area contributed by atoms with Crippen molar-refractivity contribution in [3.05, 3.63) is 24.3 Å². The van der Waals surface area contributed by atoms with Gasteiger partial charge in [-0.3, -0.25) is 0 Å². The Morgan fingerprint density at radius 3 is 1.89 bits per heavy atom. The fraction of sp³-hybridized carbons (Fsp3) is 0.400. The summed E-state index contributed by atoms with van der Waals surface area (Å²) in [4.78, 5) is 0. The first-order valence-electron chi connectivity index (χ1n) is 4.89. The van der Waals surface area contributed by atoms with Crippen molar-refractivity contribution in [2.45, 2.75) is 6.36 Å². The van der Waals surface area contributed by atoms with Crippen molar-refractivity contribution < 1.29 is 31.2 Å². The standard InChI is InChI=1S/C10H13F3O4Si/c1-14-18(15-2,16-3)9-7-5-4-6-8(9)17-10(11,12)13/h4-7H,1-3H3. The van der Waals surface area contributed by atoms with E-state index in [0.29, 0.717) is 0 Å². The van der Waals surface area contributed by atoms with Crippen LogP contribution in [0, 0.1) is 0 Å². The molecule has 0 N–H and O–H groups in total. The highest BCUT2D eigenvalue weighted by molar-refractivity contribution is 6.76. The van der Waals surface area contributed by atoms with E-state index in [-0.39, 0.29) is 10.9 Å². The normalized spacial score (nSPS) is 12.6. The van der Waals surface area contributed by atoms with Crippen molar-refractivity contribution in [1.82, 2.24) is 0 Å². The van der Waals surface area contributed by atoms with Gasteiger partial charge in [0.1, 0.15) is 5.75 Å². The molecule has 0 aliphatic rings. The maximum absolute atomic E-state index is 12.3. The molecule has 0 spiro atoms. The molecule has 0 aromatic heterocycles. The van der Waals surface area contributed by atoms with E-state index in [1.54, 1.807) is 6.07 Å². The molecule has 1 aromatic rings. The summed E-state index contributed by atoms with van der Waals surface area (Å²) in [5.74, 6) is -0.387. The van der Waals surface area contributed by atoms with E-state index in [1.807, 2.05) is 0 Å². The molecule has 0 amide bonds. The van der Waals surface area contributed by atoms with Crippen LogP contribution in [-0.4, -0.2) is 36.5 Å². The zero-order valence-corrected chi connectivity index (χ0v) is 11.1. The highest BCUT2D eigenvalue weighted by Crippen LogP contribution is 2.23. The van der Waals surface area contributed by atoms with Crippen LogP contribution in [0.1, 0.15) is 0 Å². The lowest BCUT2D eigenvalue weighted by Gasteiger charge is -2.26. The molecule has 0 saturated heterocycles. The first-order chi connectivity index (χ1) is 8.38. The summed E-state index contributed by atoms with van der Waals surface area (Å²) in [7, 11) is 0.565. The van der Waals surface area contributed by atoms with Crippen molar-refractivity contribution in [3.8, 4) is 5.75 Å². The van der Waals surface area contributed by atoms with Gasteiger partial charge in [0.05, 0.1) is 5.19 Å². The molecule has 0 saturated carbocycles. The van der Waals surface area contributed by atoms with Gasteiger partial charge in [0, 0.05) is 21.3 Å². The van der Waals surface area contributed by atoms with E-state index in [1.165, 1.54) is 39.5 Å². The van der Waals surface area contributed by atoms with Crippen LogP contribution >= 0.6 is 0 Å². The summed E-state index contributed by atoms with van der Waals surface area (Å²) in [5, 5.41) is 0.120. The monoisotopic (exact) mass is 282 g/mol. The van der Waals surface area contributed by atoms with Gasteiger partial charge in [-0.25, -0.2) is 0 Å². The number of hydrogen-bond acceptors (Lipinski definition) is 4. The van der Waals surface area contributed by atoms with E-state index < -0.39 is 15.2 Å². The number of benzene rings is 1. The van der Waals surface area contributed by atoms with Crippen LogP contribution in [0.3, 0.4) is 0 Å². The first kappa shape index (κ1) is 15.0. The van der Waals surface area contributed by atoms with Gasteiger partial charge in [0.2, 0.25) is 0 Å². The van der Waals surface area contributed by atoms with E-state index in [4.69, 9.17) is 13.3 Å². The van der Waals surface area contributed by atoms with Crippen LogP contribution < -0.4 is 9.92 Å². The smallest absolute Gasteiger partial charge is 0.406 e. The number of halogens is 3. The number of hydrogen-bond donors (Lipinski definition) is 0. The van der Waals surface area contributed by atoms with E-state index in [0.717, 1.165) is 0 Å². The fourth-order valence-electron chi connectivity index (χ4n) is 1.51. The predicted molar refractivity (Wildman–Crippen MR) is 59.5 cm³/mol. The van der Waals surface area contributed by atoms with E-state index >= 15 is 0 Å². The van der Waals surface area contributed by atoms with Crippen molar-refractivity contribution in [2.75, 3.05) is 21.3 Å². The molecule has 0 aliphatic carbocycles. The van der Waals surface area contributed by atoms with Crippen molar-refractivity contribution >= 4 is 14.0 Å². The molecule has 4 nitrogen and oxygen atoms in total. The van der Waals surface area contributed by atoms with Crippen LogP contribution in [-0.2, 0) is 13.3 Å². The summed E-state index contributed by atoms with van der Waals surface area (Å²) in [6, 6.07) is 5.58. The quantitative estimate of drug-likeness (QED) is 0.770. The molecule has 1 aromatic carbocycles. The Kier molecular flexibility index (Phi) is 4.74. The molecule has 0 unspecified atom stereocenters. The zero-order chi connectivity index (χ0) is 13.8. The van der Waals surface area contributed by atoms with Crippen molar-refractivity contribution in [2.24, 2.45) is 0 Å². The lowest BCUT2D eigenvalue weighted by molar-refractivity contribution is -0.274. The molecule has 0 heterocycles. The third-order valence-corrected chi connectivity index (χ3v) is 4.93. The van der Waals surface area contributed by atoms with Gasteiger partial charge < -0.3 is 18.0 Å². The third-order valence-electron chi connectivity index (χ3n) is 2.25. The van der Waals surface area contributed by atoms with Crippen LogP contribution in [0.5, 0.6) is 5.75 Å². The molecule has 8 heteroatoms. The Morgan fingerprint density at radius 1 is 0.944 bits per heavy atom. The molecule has 1 rings (SSSR count). The topological polar surface area (TPSA) is 36.9 Å². The third kappa shape index (κ3) is 3.22. The van der Waals surface area contributed by atoms with Crippen LogP contribution in [0.2, 0.25) is 0 Å². The molecule has 18 heavy (non-hydrogen) atoms. The number of alkyl halides is 3. The average Bonchev–Trinajstić information content (AvgIpc) is 2.32. The molecule has 0 aliphatic heterocycles. The Hall–Kier alpha value is -1.09. The second kappa shape index (κ2) is 5.70. The lowest BCUT2D eigenvalue weighted by Crippen LogP contribution is -2.55. The summed E-state index contributed by atoms with van der Waals surface area (Å²) < 4.78 is 56.2. The fourth-order valence-corrected chi connectivity index (χ4v) is 3.41. The SMILES string of the molecule is CO[Si](OC)(OC)c1ccccc1OC(F)(F)F. The Labute approximate surface area is 104 Å². The van der Waals surface area contributed by atoms with Crippen LogP contribution in [0.4, 0.5) is 13.2 Å². The summed E-state index contributed by atoms with van der Waals surface area (Å²) in [5.41, 5.74) is 0. The zero-order valence-electron chi connectivity index (χ0n) is 10.1. The average molecular weight is 282 g/mol. The van der Waals surface area contributed by atoms with Crippen molar-refractivity contribution in [3.63, 3.8) is 0 Å². The maximum atomic E-state index is 12.3. The van der Waals surface area contributed by atoms with Gasteiger partial charge in [0.25, 0.3) is 0 Å². The van der Waals surface area contributed by atoms with Crippen LogP contribution in [0.15, 0.2) is 24.3 Å².